The van der Waals surface area contributed by atoms with E-state index in [2.05, 4.69) is 10.6 Å². The number of hydrogen-bond acceptors (Lipinski definition) is 4. The largest absolute Gasteiger partial charge is 0.462 e. The van der Waals surface area contributed by atoms with Gasteiger partial charge in [-0.2, -0.15) is 0 Å². The van der Waals surface area contributed by atoms with Crippen LogP contribution in [0, 0.1) is 0 Å². The van der Waals surface area contributed by atoms with Gasteiger partial charge < -0.3 is 15.4 Å². The molecule has 0 aromatic heterocycles. The molecule has 0 fully saturated rings. The summed E-state index contributed by atoms with van der Waals surface area (Å²) in [5.41, 5.74) is 1.34. The first-order valence-corrected chi connectivity index (χ1v) is 8.51. The number of ether oxygens (including phenoxy) is 1. The highest BCUT2D eigenvalue weighted by Gasteiger charge is 2.18. The van der Waals surface area contributed by atoms with Crippen LogP contribution in [0.2, 0.25) is 0 Å². The van der Waals surface area contributed by atoms with Crippen LogP contribution in [0.15, 0.2) is 54.6 Å². The first-order chi connectivity index (χ1) is 12.6. The lowest BCUT2D eigenvalue weighted by Crippen LogP contribution is -2.35. The van der Waals surface area contributed by atoms with Gasteiger partial charge in [-0.15, -0.1) is 0 Å². The first kappa shape index (κ1) is 19.2. The Morgan fingerprint density at radius 3 is 2.35 bits per heavy atom. The minimum Gasteiger partial charge on any atom is -0.462 e. The fourth-order valence-corrected chi connectivity index (χ4v) is 2.19. The number of hydrogen-bond donors (Lipinski definition) is 2. The number of anilines is 1. The molecule has 2 amide bonds. The van der Waals surface area contributed by atoms with Crippen molar-refractivity contribution in [1.82, 2.24) is 5.32 Å². The van der Waals surface area contributed by atoms with Crippen molar-refractivity contribution < 1.29 is 19.1 Å². The third-order valence-corrected chi connectivity index (χ3v) is 3.63. The van der Waals surface area contributed by atoms with Gasteiger partial charge in [-0.1, -0.05) is 55.8 Å². The standard InChI is InChI=1S/C20H22N2O4/c1-2-3-13-26-20(25)16-11-7-8-12-17(16)22-19(24)18(23)21-14-15-9-5-4-6-10-15/h4-12H,2-3,13-14H2,1H3,(H,21,23)(H,22,24). The van der Waals surface area contributed by atoms with Gasteiger partial charge in [-0.3, -0.25) is 9.59 Å². The van der Waals surface area contributed by atoms with Crippen LogP contribution in [0.4, 0.5) is 5.69 Å². The van der Waals surface area contributed by atoms with E-state index in [4.69, 9.17) is 4.74 Å². The average molecular weight is 354 g/mol. The summed E-state index contributed by atoms with van der Waals surface area (Å²) in [5.74, 6) is -2.14. The van der Waals surface area contributed by atoms with Crippen molar-refractivity contribution in [3.05, 3.63) is 65.7 Å². The summed E-state index contributed by atoms with van der Waals surface area (Å²) in [5, 5.41) is 5.01. The average Bonchev–Trinajstić information content (AvgIpc) is 2.67. The van der Waals surface area contributed by atoms with Gasteiger partial charge in [0, 0.05) is 6.54 Å². The van der Waals surface area contributed by atoms with E-state index in [0.29, 0.717) is 6.61 Å². The lowest BCUT2D eigenvalue weighted by atomic mass is 10.1. The molecule has 0 aliphatic carbocycles. The van der Waals surface area contributed by atoms with Gasteiger partial charge in [0.1, 0.15) is 0 Å². The Labute approximate surface area is 152 Å². The number of amides is 2. The van der Waals surface area contributed by atoms with Crippen molar-refractivity contribution in [2.24, 2.45) is 0 Å². The van der Waals surface area contributed by atoms with Crippen LogP contribution in [0.1, 0.15) is 35.7 Å². The molecule has 26 heavy (non-hydrogen) atoms. The predicted octanol–water partition coefficient (Wildman–Crippen LogP) is 2.90. The quantitative estimate of drug-likeness (QED) is 0.455. The Bertz CT molecular complexity index is 759. The maximum absolute atomic E-state index is 12.1. The topological polar surface area (TPSA) is 84.5 Å². The zero-order valence-corrected chi connectivity index (χ0v) is 14.7. The van der Waals surface area contributed by atoms with Gasteiger partial charge in [-0.05, 0) is 24.1 Å². The van der Waals surface area contributed by atoms with Crippen molar-refractivity contribution in [2.75, 3.05) is 11.9 Å². The molecule has 6 heteroatoms. The number of para-hydroxylation sites is 1. The zero-order valence-electron chi connectivity index (χ0n) is 14.7. The number of carbonyl (C=O) groups excluding carboxylic acids is 3. The normalized spacial score (nSPS) is 10.0. The number of rotatable bonds is 7. The molecule has 136 valence electrons. The van der Waals surface area contributed by atoms with Crippen molar-refractivity contribution in [2.45, 2.75) is 26.3 Å². The molecule has 0 unspecified atom stereocenters. The Balaban J connectivity index is 1.95. The zero-order chi connectivity index (χ0) is 18.8. The summed E-state index contributed by atoms with van der Waals surface area (Å²) in [6.07, 6.45) is 1.68. The smallest absolute Gasteiger partial charge is 0.340 e. The Morgan fingerprint density at radius 1 is 0.923 bits per heavy atom. The summed E-state index contributed by atoms with van der Waals surface area (Å²) < 4.78 is 5.17. The molecular formula is C20H22N2O4. The van der Waals surface area contributed by atoms with E-state index < -0.39 is 17.8 Å². The highest BCUT2D eigenvalue weighted by molar-refractivity contribution is 6.39. The molecule has 6 nitrogen and oxygen atoms in total. The van der Waals surface area contributed by atoms with Gasteiger partial charge in [0.2, 0.25) is 0 Å². The molecule has 0 heterocycles. The third kappa shape index (κ3) is 5.73. The molecule has 0 spiro atoms. The van der Waals surface area contributed by atoms with Crippen molar-refractivity contribution in [3.63, 3.8) is 0 Å². The number of nitrogens with one attached hydrogen (secondary N) is 2. The predicted molar refractivity (Wildman–Crippen MR) is 98.6 cm³/mol. The fraction of sp³-hybridized carbons (Fsp3) is 0.250. The van der Waals surface area contributed by atoms with Crippen LogP contribution in [-0.2, 0) is 20.9 Å². The minimum absolute atomic E-state index is 0.216. The molecule has 2 rings (SSSR count). The SMILES string of the molecule is CCCCOC(=O)c1ccccc1NC(=O)C(=O)NCc1ccccc1. The molecule has 0 atom stereocenters. The lowest BCUT2D eigenvalue weighted by molar-refractivity contribution is -0.136. The maximum Gasteiger partial charge on any atom is 0.340 e. The molecule has 2 aromatic rings. The second kappa shape index (κ2) is 9.98. The molecule has 0 radical (unpaired) electrons. The van der Waals surface area contributed by atoms with Crippen LogP contribution in [0.5, 0.6) is 0 Å². The second-order valence-electron chi connectivity index (χ2n) is 5.66. The second-order valence-corrected chi connectivity index (χ2v) is 5.66. The summed E-state index contributed by atoms with van der Waals surface area (Å²) in [4.78, 5) is 36.2. The van der Waals surface area contributed by atoms with E-state index in [1.165, 1.54) is 0 Å². The van der Waals surface area contributed by atoms with E-state index in [0.717, 1.165) is 18.4 Å². The Kier molecular flexibility index (Phi) is 7.36. The molecule has 2 N–H and O–H groups in total. The minimum atomic E-state index is -0.838. The van der Waals surface area contributed by atoms with Crippen LogP contribution < -0.4 is 10.6 Å². The van der Waals surface area contributed by atoms with Gasteiger partial charge >= 0.3 is 17.8 Å². The van der Waals surface area contributed by atoms with Gasteiger partial charge in [0.25, 0.3) is 0 Å². The van der Waals surface area contributed by atoms with E-state index in [1.807, 2.05) is 37.3 Å². The van der Waals surface area contributed by atoms with Crippen molar-refractivity contribution in [1.29, 1.82) is 0 Å². The van der Waals surface area contributed by atoms with Crippen LogP contribution in [-0.4, -0.2) is 24.4 Å². The van der Waals surface area contributed by atoms with Crippen molar-refractivity contribution in [3.8, 4) is 0 Å². The molecule has 0 aliphatic heterocycles. The lowest BCUT2D eigenvalue weighted by Gasteiger charge is -2.11. The van der Waals surface area contributed by atoms with E-state index in [9.17, 15) is 14.4 Å². The third-order valence-electron chi connectivity index (χ3n) is 3.63. The highest BCUT2D eigenvalue weighted by Crippen LogP contribution is 2.16. The maximum atomic E-state index is 12.1. The number of esters is 1. The van der Waals surface area contributed by atoms with Gasteiger partial charge in [-0.25, -0.2) is 4.79 Å². The Morgan fingerprint density at radius 2 is 1.62 bits per heavy atom. The van der Waals surface area contributed by atoms with E-state index in [-0.39, 0.29) is 17.8 Å². The van der Waals surface area contributed by atoms with E-state index in [1.54, 1.807) is 24.3 Å². The first-order valence-electron chi connectivity index (χ1n) is 8.51. The summed E-state index contributed by atoms with van der Waals surface area (Å²) in [7, 11) is 0. The van der Waals surface area contributed by atoms with E-state index >= 15 is 0 Å². The number of carbonyl (C=O) groups is 3. The highest BCUT2D eigenvalue weighted by atomic mass is 16.5. The molecule has 0 aliphatic rings. The number of unbranched alkanes of at least 4 members (excludes halogenated alkanes) is 1. The van der Waals surface area contributed by atoms with Crippen molar-refractivity contribution >= 4 is 23.5 Å². The van der Waals surface area contributed by atoms with Crippen LogP contribution >= 0.6 is 0 Å². The number of benzene rings is 2. The van der Waals surface area contributed by atoms with Gasteiger partial charge in [0.15, 0.2) is 0 Å². The molecule has 0 saturated heterocycles. The van der Waals surface area contributed by atoms with Gasteiger partial charge in [0.05, 0.1) is 17.9 Å². The molecule has 0 saturated carbocycles. The Hall–Kier alpha value is -3.15. The molecular weight excluding hydrogens is 332 g/mol. The van der Waals surface area contributed by atoms with Crippen LogP contribution in [0.25, 0.3) is 0 Å². The molecule has 0 bridgehead atoms. The summed E-state index contributed by atoms with van der Waals surface area (Å²) >= 11 is 0. The van der Waals surface area contributed by atoms with Crippen LogP contribution in [0.3, 0.4) is 0 Å². The fourth-order valence-electron chi connectivity index (χ4n) is 2.19. The molecule has 2 aromatic carbocycles. The summed E-state index contributed by atoms with van der Waals surface area (Å²) in [6.45, 7) is 2.55. The monoisotopic (exact) mass is 354 g/mol. The summed E-state index contributed by atoms with van der Waals surface area (Å²) in [6, 6.07) is 15.7.